The lowest BCUT2D eigenvalue weighted by Crippen LogP contribution is -2.48. The second kappa shape index (κ2) is 7.69. The highest BCUT2D eigenvalue weighted by atomic mass is 35.5. The maximum absolute atomic E-state index is 12.2. The van der Waals surface area contributed by atoms with Crippen molar-refractivity contribution >= 4 is 23.2 Å². The van der Waals surface area contributed by atoms with E-state index in [-0.39, 0.29) is 11.8 Å². The van der Waals surface area contributed by atoms with Gasteiger partial charge in [0.1, 0.15) is 12.4 Å². The molecule has 126 valence electrons. The van der Waals surface area contributed by atoms with Gasteiger partial charge in [0.25, 0.3) is 0 Å². The Hall–Kier alpha value is -2.04. The second-order valence-electron chi connectivity index (χ2n) is 6.10. The van der Waals surface area contributed by atoms with Gasteiger partial charge >= 0.3 is 0 Å². The van der Waals surface area contributed by atoms with Gasteiger partial charge in [-0.1, -0.05) is 36.7 Å². The number of carbonyl (C=O) groups is 1. The fraction of sp³-hybridized carbons (Fsp3) is 0.316. The Kier molecular flexibility index (Phi) is 5.38. The number of benzene rings is 2. The topological polar surface area (TPSA) is 50.4 Å². The molecule has 0 radical (unpaired) electrons. The van der Waals surface area contributed by atoms with Gasteiger partial charge in [0, 0.05) is 22.2 Å². The van der Waals surface area contributed by atoms with Crippen LogP contribution in [-0.2, 0) is 11.4 Å². The minimum Gasteiger partial charge on any atom is -0.489 e. The maximum Gasteiger partial charge on any atom is 0.227 e. The number of amides is 1. The predicted octanol–water partition coefficient (Wildman–Crippen LogP) is 3.71. The van der Waals surface area contributed by atoms with Gasteiger partial charge in [-0.3, -0.25) is 4.79 Å². The second-order valence-corrected chi connectivity index (χ2v) is 6.51. The van der Waals surface area contributed by atoms with Crippen LogP contribution < -0.4 is 15.4 Å². The number of carbonyl (C=O) groups excluding carboxylic acids is 1. The van der Waals surface area contributed by atoms with Crippen molar-refractivity contribution in [2.24, 2.45) is 11.8 Å². The Morgan fingerprint density at radius 1 is 1.25 bits per heavy atom. The lowest BCUT2D eigenvalue weighted by atomic mass is 9.88. The molecule has 0 saturated carbocycles. The molecule has 0 bridgehead atoms. The molecule has 0 aliphatic carbocycles. The molecular weight excluding hydrogens is 324 g/mol. The standard InChI is InChI=1S/C19H21ClN2O2/c1-13(15-10-21-11-15)19(23)22-16-6-8-17(9-7-16)24-12-14-4-2-3-5-18(14)20/h2-9,13,15,21H,10-12H2,1H3,(H,22,23). The molecule has 0 aromatic heterocycles. The zero-order valence-electron chi connectivity index (χ0n) is 13.6. The normalized spacial score (nSPS) is 15.4. The van der Waals surface area contributed by atoms with Crippen molar-refractivity contribution in [1.82, 2.24) is 5.32 Å². The predicted molar refractivity (Wildman–Crippen MR) is 96.4 cm³/mol. The molecule has 24 heavy (non-hydrogen) atoms. The van der Waals surface area contributed by atoms with Gasteiger partial charge in [-0.05, 0) is 49.3 Å². The van der Waals surface area contributed by atoms with E-state index < -0.39 is 0 Å². The van der Waals surface area contributed by atoms with Gasteiger partial charge in [0.15, 0.2) is 0 Å². The van der Waals surface area contributed by atoms with E-state index in [2.05, 4.69) is 10.6 Å². The summed E-state index contributed by atoms with van der Waals surface area (Å²) in [4.78, 5) is 12.2. The number of anilines is 1. The van der Waals surface area contributed by atoms with Crippen LogP contribution in [0.1, 0.15) is 12.5 Å². The van der Waals surface area contributed by atoms with Gasteiger partial charge in [0.05, 0.1) is 0 Å². The lowest BCUT2D eigenvalue weighted by Gasteiger charge is -2.31. The Bertz CT molecular complexity index is 699. The average molecular weight is 345 g/mol. The smallest absolute Gasteiger partial charge is 0.227 e. The van der Waals surface area contributed by atoms with Gasteiger partial charge in [-0.25, -0.2) is 0 Å². The summed E-state index contributed by atoms with van der Waals surface area (Å²) in [6.07, 6.45) is 0. The van der Waals surface area contributed by atoms with Crippen LogP contribution in [0.5, 0.6) is 5.75 Å². The lowest BCUT2D eigenvalue weighted by molar-refractivity contribution is -0.121. The maximum atomic E-state index is 12.2. The molecule has 1 saturated heterocycles. The molecule has 3 rings (SSSR count). The van der Waals surface area contributed by atoms with Crippen molar-refractivity contribution in [3.63, 3.8) is 0 Å². The third-order valence-electron chi connectivity index (χ3n) is 4.41. The Balaban J connectivity index is 1.53. The fourth-order valence-electron chi connectivity index (χ4n) is 2.55. The summed E-state index contributed by atoms with van der Waals surface area (Å²) in [6, 6.07) is 15.0. The summed E-state index contributed by atoms with van der Waals surface area (Å²) >= 11 is 6.11. The first-order chi connectivity index (χ1) is 11.6. The summed E-state index contributed by atoms with van der Waals surface area (Å²) in [5.41, 5.74) is 1.73. The Labute approximate surface area is 147 Å². The number of hydrogen-bond donors (Lipinski definition) is 2. The SMILES string of the molecule is CC(C(=O)Nc1ccc(OCc2ccccc2Cl)cc1)C1CNC1. The summed E-state index contributed by atoms with van der Waals surface area (Å²) in [5.74, 6) is 1.25. The Morgan fingerprint density at radius 3 is 2.58 bits per heavy atom. The van der Waals surface area contributed by atoms with Crippen LogP contribution in [-0.4, -0.2) is 19.0 Å². The van der Waals surface area contributed by atoms with E-state index in [9.17, 15) is 4.79 Å². The number of nitrogens with one attached hydrogen (secondary N) is 2. The van der Waals surface area contributed by atoms with Crippen molar-refractivity contribution in [3.05, 3.63) is 59.1 Å². The van der Waals surface area contributed by atoms with Gasteiger partial charge in [0.2, 0.25) is 5.91 Å². The van der Waals surface area contributed by atoms with Gasteiger partial charge in [-0.15, -0.1) is 0 Å². The van der Waals surface area contributed by atoms with Gasteiger partial charge < -0.3 is 15.4 Å². The van der Waals surface area contributed by atoms with Crippen LogP contribution in [0, 0.1) is 11.8 Å². The molecule has 1 unspecified atom stereocenters. The number of hydrogen-bond acceptors (Lipinski definition) is 3. The number of halogens is 1. The summed E-state index contributed by atoms with van der Waals surface area (Å²) in [5, 5.41) is 6.85. The molecule has 1 fully saturated rings. The molecule has 1 heterocycles. The third-order valence-corrected chi connectivity index (χ3v) is 4.78. The molecule has 2 aromatic carbocycles. The highest BCUT2D eigenvalue weighted by Gasteiger charge is 2.28. The van der Waals surface area contributed by atoms with Crippen molar-refractivity contribution < 1.29 is 9.53 Å². The van der Waals surface area contributed by atoms with Crippen LogP contribution >= 0.6 is 11.6 Å². The highest BCUT2D eigenvalue weighted by molar-refractivity contribution is 6.31. The summed E-state index contributed by atoms with van der Waals surface area (Å²) in [6.45, 7) is 4.23. The molecule has 2 aromatic rings. The molecule has 1 aliphatic rings. The van der Waals surface area contributed by atoms with Crippen molar-refractivity contribution in [2.45, 2.75) is 13.5 Å². The largest absolute Gasteiger partial charge is 0.489 e. The van der Waals surface area contributed by atoms with Crippen molar-refractivity contribution in [2.75, 3.05) is 18.4 Å². The average Bonchev–Trinajstić information content (AvgIpc) is 2.54. The van der Waals surface area contributed by atoms with Crippen LogP contribution in [0.2, 0.25) is 5.02 Å². The summed E-state index contributed by atoms with van der Waals surface area (Å²) in [7, 11) is 0. The first-order valence-corrected chi connectivity index (χ1v) is 8.49. The van der Waals surface area contributed by atoms with E-state index in [0.29, 0.717) is 17.5 Å². The number of ether oxygens (including phenoxy) is 1. The van der Waals surface area contributed by atoms with E-state index in [1.165, 1.54) is 0 Å². The molecule has 0 spiro atoms. The van der Waals surface area contributed by atoms with Crippen LogP contribution in [0.25, 0.3) is 0 Å². The van der Waals surface area contributed by atoms with E-state index in [4.69, 9.17) is 16.3 Å². The van der Waals surface area contributed by atoms with Crippen LogP contribution in [0.3, 0.4) is 0 Å². The fourth-order valence-corrected chi connectivity index (χ4v) is 2.74. The third kappa shape index (κ3) is 4.08. The molecule has 1 atom stereocenters. The molecular formula is C19H21ClN2O2. The molecule has 1 aliphatic heterocycles. The van der Waals surface area contributed by atoms with Crippen LogP contribution in [0.4, 0.5) is 5.69 Å². The molecule has 2 N–H and O–H groups in total. The molecule has 4 nitrogen and oxygen atoms in total. The highest BCUT2D eigenvalue weighted by Crippen LogP contribution is 2.22. The first kappa shape index (κ1) is 16.8. The Morgan fingerprint density at radius 2 is 1.96 bits per heavy atom. The quantitative estimate of drug-likeness (QED) is 0.839. The van der Waals surface area contributed by atoms with E-state index >= 15 is 0 Å². The van der Waals surface area contributed by atoms with Crippen LogP contribution in [0.15, 0.2) is 48.5 Å². The molecule has 1 amide bonds. The molecule has 5 heteroatoms. The number of rotatable bonds is 6. The van der Waals surface area contributed by atoms with E-state index in [1.54, 1.807) is 0 Å². The van der Waals surface area contributed by atoms with Crippen molar-refractivity contribution in [1.29, 1.82) is 0 Å². The van der Waals surface area contributed by atoms with Gasteiger partial charge in [-0.2, -0.15) is 0 Å². The van der Waals surface area contributed by atoms with Crippen molar-refractivity contribution in [3.8, 4) is 5.75 Å². The van der Waals surface area contributed by atoms with E-state index in [1.807, 2.05) is 55.5 Å². The van der Waals surface area contributed by atoms with E-state index in [0.717, 1.165) is 30.1 Å². The monoisotopic (exact) mass is 344 g/mol. The zero-order valence-corrected chi connectivity index (χ0v) is 14.3. The first-order valence-electron chi connectivity index (χ1n) is 8.11. The minimum absolute atomic E-state index is 0.0161. The minimum atomic E-state index is 0.0161. The zero-order chi connectivity index (χ0) is 16.9. The summed E-state index contributed by atoms with van der Waals surface area (Å²) < 4.78 is 5.74.